The molecule has 0 aliphatic rings. The SMILES string of the molecule is C[Si](C)(C)CCOCn1cc(Br)nc1Cl. The normalized spacial score (nSPS) is 12.1. The molecule has 0 radical (unpaired) electrons. The van der Waals surface area contributed by atoms with Gasteiger partial charge in [0.05, 0.1) is 0 Å². The van der Waals surface area contributed by atoms with Gasteiger partial charge in [-0.2, -0.15) is 0 Å². The molecular formula is C9H16BrClN2OSi. The summed E-state index contributed by atoms with van der Waals surface area (Å²) in [6.45, 7) is 8.26. The van der Waals surface area contributed by atoms with Gasteiger partial charge in [-0.25, -0.2) is 4.98 Å². The highest BCUT2D eigenvalue weighted by molar-refractivity contribution is 9.10. The molecule has 1 heterocycles. The maximum absolute atomic E-state index is 5.86. The van der Waals surface area contributed by atoms with Crippen molar-refractivity contribution in [3.63, 3.8) is 0 Å². The summed E-state index contributed by atoms with van der Waals surface area (Å²) < 4.78 is 8.05. The molecule has 0 atom stereocenters. The van der Waals surface area contributed by atoms with Gasteiger partial charge in [0, 0.05) is 20.9 Å². The minimum Gasteiger partial charge on any atom is -0.361 e. The van der Waals surface area contributed by atoms with Crippen LogP contribution < -0.4 is 0 Å². The molecule has 0 aromatic carbocycles. The van der Waals surface area contributed by atoms with Crippen molar-refractivity contribution < 1.29 is 4.74 Å². The smallest absolute Gasteiger partial charge is 0.205 e. The summed E-state index contributed by atoms with van der Waals surface area (Å²) in [4.78, 5) is 4.01. The summed E-state index contributed by atoms with van der Waals surface area (Å²) in [6.07, 6.45) is 1.82. The molecule has 3 nitrogen and oxygen atoms in total. The van der Waals surface area contributed by atoms with Gasteiger partial charge < -0.3 is 4.74 Å². The molecule has 0 aliphatic carbocycles. The summed E-state index contributed by atoms with van der Waals surface area (Å²) in [5.41, 5.74) is 0. The molecule has 1 aromatic heterocycles. The lowest BCUT2D eigenvalue weighted by atomic mass is 10.8. The number of halogens is 2. The summed E-state index contributed by atoms with van der Waals surface area (Å²) in [5, 5.41) is 0.454. The van der Waals surface area contributed by atoms with Crippen LogP contribution in [0.2, 0.25) is 31.0 Å². The van der Waals surface area contributed by atoms with Crippen LogP contribution in [0.5, 0.6) is 0 Å². The van der Waals surface area contributed by atoms with Crippen LogP contribution in [0.1, 0.15) is 0 Å². The van der Waals surface area contributed by atoms with E-state index in [2.05, 4.69) is 40.6 Å². The Balaban J connectivity index is 2.29. The van der Waals surface area contributed by atoms with Gasteiger partial charge in [0.15, 0.2) is 0 Å². The van der Waals surface area contributed by atoms with Gasteiger partial charge in [-0.05, 0) is 33.6 Å². The molecule has 1 rings (SSSR count). The first-order valence-electron chi connectivity index (χ1n) is 4.84. The molecule has 0 spiro atoms. The van der Waals surface area contributed by atoms with Crippen LogP contribution in [0, 0.1) is 0 Å². The third-order valence-electron chi connectivity index (χ3n) is 1.93. The number of imidazole rings is 1. The molecule has 0 unspecified atom stereocenters. The van der Waals surface area contributed by atoms with Gasteiger partial charge >= 0.3 is 0 Å². The van der Waals surface area contributed by atoms with Crippen LogP contribution in [0.4, 0.5) is 0 Å². The van der Waals surface area contributed by atoms with E-state index in [0.717, 1.165) is 11.2 Å². The molecular weight excluding hydrogens is 296 g/mol. The molecule has 0 saturated heterocycles. The quantitative estimate of drug-likeness (QED) is 0.613. The van der Waals surface area contributed by atoms with E-state index in [-0.39, 0.29) is 0 Å². The lowest BCUT2D eigenvalue weighted by Crippen LogP contribution is -2.22. The first-order valence-corrected chi connectivity index (χ1v) is 9.72. The zero-order valence-electron chi connectivity index (χ0n) is 9.26. The Morgan fingerprint density at radius 3 is 2.67 bits per heavy atom. The number of hydrogen-bond donors (Lipinski definition) is 0. The van der Waals surface area contributed by atoms with Gasteiger partial charge in [0.25, 0.3) is 0 Å². The van der Waals surface area contributed by atoms with Crippen LogP contribution in [0.25, 0.3) is 0 Å². The number of nitrogens with zero attached hydrogens (tertiary/aromatic N) is 2. The molecule has 0 amide bonds. The third kappa shape index (κ3) is 5.15. The first kappa shape index (κ1) is 13.2. The number of hydrogen-bond acceptors (Lipinski definition) is 2. The van der Waals surface area contributed by atoms with Crippen molar-refractivity contribution in [1.82, 2.24) is 9.55 Å². The first-order chi connectivity index (χ1) is 6.88. The predicted octanol–water partition coefficient (Wildman–Crippen LogP) is 3.61. The van der Waals surface area contributed by atoms with E-state index in [9.17, 15) is 0 Å². The molecule has 15 heavy (non-hydrogen) atoms. The van der Waals surface area contributed by atoms with Gasteiger partial charge in [-0.1, -0.05) is 19.6 Å². The minimum absolute atomic E-state index is 0.454. The van der Waals surface area contributed by atoms with E-state index in [0.29, 0.717) is 12.0 Å². The fraction of sp³-hybridized carbons (Fsp3) is 0.667. The molecule has 1 aromatic rings. The number of rotatable bonds is 5. The van der Waals surface area contributed by atoms with Crippen molar-refractivity contribution in [3.05, 3.63) is 16.1 Å². The second-order valence-corrected chi connectivity index (χ2v) is 11.4. The van der Waals surface area contributed by atoms with E-state index in [1.807, 2.05) is 6.20 Å². The standard InChI is InChI=1S/C9H16BrClN2OSi/c1-15(2,3)5-4-14-7-13-6-8(10)12-9(13)11/h6H,4-5,7H2,1-3H3. The Morgan fingerprint density at radius 2 is 2.20 bits per heavy atom. The number of aromatic nitrogens is 2. The van der Waals surface area contributed by atoms with Crippen LogP contribution in [0.3, 0.4) is 0 Å². The van der Waals surface area contributed by atoms with Crippen LogP contribution in [-0.2, 0) is 11.5 Å². The van der Waals surface area contributed by atoms with E-state index in [4.69, 9.17) is 16.3 Å². The molecule has 6 heteroatoms. The van der Waals surface area contributed by atoms with Crippen molar-refractivity contribution >= 4 is 35.6 Å². The summed E-state index contributed by atoms with van der Waals surface area (Å²) in [5.74, 6) is 0. The van der Waals surface area contributed by atoms with Crippen molar-refractivity contribution in [2.24, 2.45) is 0 Å². The summed E-state index contributed by atoms with van der Waals surface area (Å²) in [7, 11) is -0.996. The Morgan fingerprint density at radius 1 is 1.53 bits per heavy atom. The molecule has 0 N–H and O–H groups in total. The van der Waals surface area contributed by atoms with Crippen molar-refractivity contribution in [3.8, 4) is 0 Å². The Bertz CT molecular complexity index is 324. The monoisotopic (exact) mass is 310 g/mol. The van der Waals surface area contributed by atoms with Crippen LogP contribution >= 0.6 is 27.5 Å². The molecule has 0 fully saturated rings. The van der Waals surface area contributed by atoms with E-state index in [1.165, 1.54) is 6.04 Å². The Labute approximate surface area is 105 Å². The van der Waals surface area contributed by atoms with Crippen molar-refractivity contribution in [2.75, 3.05) is 6.61 Å². The number of ether oxygens (including phenoxy) is 1. The summed E-state index contributed by atoms with van der Waals surface area (Å²) in [6, 6.07) is 1.17. The van der Waals surface area contributed by atoms with E-state index < -0.39 is 8.07 Å². The largest absolute Gasteiger partial charge is 0.361 e. The Kier molecular flexibility index (Phi) is 4.83. The molecule has 0 bridgehead atoms. The maximum Gasteiger partial charge on any atom is 0.205 e. The highest BCUT2D eigenvalue weighted by atomic mass is 79.9. The van der Waals surface area contributed by atoms with Crippen LogP contribution in [0.15, 0.2) is 10.8 Å². The topological polar surface area (TPSA) is 27.1 Å². The maximum atomic E-state index is 5.86. The average Bonchev–Trinajstić information content (AvgIpc) is 2.37. The molecule has 0 saturated carbocycles. The van der Waals surface area contributed by atoms with Crippen molar-refractivity contribution in [1.29, 1.82) is 0 Å². The molecule has 0 aliphatic heterocycles. The third-order valence-corrected chi connectivity index (χ3v) is 4.31. The van der Waals surface area contributed by atoms with E-state index >= 15 is 0 Å². The van der Waals surface area contributed by atoms with Crippen molar-refractivity contribution in [2.45, 2.75) is 32.4 Å². The Hall–Kier alpha value is 0.157. The highest BCUT2D eigenvalue weighted by Gasteiger charge is 2.12. The summed E-state index contributed by atoms with van der Waals surface area (Å²) >= 11 is 9.12. The zero-order valence-corrected chi connectivity index (χ0v) is 12.6. The van der Waals surface area contributed by atoms with E-state index in [1.54, 1.807) is 4.57 Å². The second kappa shape index (κ2) is 5.47. The van der Waals surface area contributed by atoms with Crippen LogP contribution in [-0.4, -0.2) is 24.2 Å². The predicted molar refractivity (Wildman–Crippen MR) is 69.0 cm³/mol. The zero-order chi connectivity index (χ0) is 11.5. The highest BCUT2D eigenvalue weighted by Crippen LogP contribution is 2.14. The fourth-order valence-corrected chi connectivity index (χ4v) is 2.46. The minimum atomic E-state index is -0.996. The molecule has 86 valence electrons. The lowest BCUT2D eigenvalue weighted by molar-refractivity contribution is 0.0873. The van der Waals surface area contributed by atoms with Gasteiger partial charge in [0.1, 0.15) is 11.3 Å². The second-order valence-electron chi connectivity index (χ2n) is 4.65. The lowest BCUT2D eigenvalue weighted by Gasteiger charge is -2.15. The van der Waals surface area contributed by atoms with Gasteiger partial charge in [-0.15, -0.1) is 0 Å². The fourth-order valence-electron chi connectivity index (χ4n) is 0.995. The van der Waals surface area contributed by atoms with Gasteiger partial charge in [0.2, 0.25) is 5.28 Å². The van der Waals surface area contributed by atoms with Gasteiger partial charge in [-0.3, -0.25) is 4.57 Å². The average molecular weight is 312 g/mol.